The Morgan fingerprint density at radius 2 is 1.90 bits per heavy atom. The number of halogens is 1. The van der Waals surface area contributed by atoms with Crippen LogP contribution in [0.25, 0.3) is 0 Å². The Hall–Kier alpha value is -1.01. The summed E-state index contributed by atoms with van der Waals surface area (Å²) in [6.45, 7) is 4.09. The highest BCUT2D eigenvalue weighted by Gasteiger charge is 2.25. The van der Waals surface area contributed by atoms with E-state index in [0.717, 1.165) is 0 Å². The molecule has 0 saturated carbocycles. The Bertz CT molecular complexity index is 435. The minimum atomic E-state index is -0.734. The molecule has 20 heavy (non-hydrogen) atoms. The quantitative estimate of drug-likeness (QED) is 0.702. The molecule has 3 N–H and O–H groups in total. The summed E-state index contributed by atoms with van der Waals surface area (Å²) < 4.78 is 13.0. The molecular formula is C15H24FNO3. The highest BCUT2D eigenvalue weighted by Crippen LogP contribution is 2.21. The van der Waals surface area contributed by atoms with Crippen LogP contribution in [0.4, 0.5) is 4.39 Å². The lowest BCUT2D eigenvalue weighted by Gasteiger charge is -2.31. The molecule has 0 saturated heterocycles. The van der Waals surface area contributed by atoms with Crippen molar-refractivity contribution in [2.75, 3.05) is 33.4 Å². The van der Waals surface area contributed by atoms with Crippen LogP contribution in [-0.4, -0.2) is 53.6 Å². The molecule has 0 spiro atoms. The Balaban J connectivity index is 2.68. The van der Waals surface area contributed by atoms with Crippen molar-refractivity contribution in [3.63, 3.8) is 0 Å². The summed E-state index contributed by atoms with van der Waals surface area (Å²) in [7, 11) is 1.81. The largest absolute Gasteiger partial charge is 0.396 e. The zero-order valence-electron chi connectivity index (χ0n) is 12.3. The molecule has 0 aromatic heterocycles. The van der Waals surface area contributed by atoms with Crippen molar-refractivity contribution in [1.82, 2.24) is 4.90 Å². The number of likely N-dealkylation sites (N-methyl/N-ethyl adjacent to an activating group) is 1. The van der Waals surface area contributed by atoms with Crippen LogP contribution in [0.5, 0.6) is 0 Å². The Morgan fingerprint density at radius 3 is 2.40 bits per heavy atom. The van der Waals surface area contributed by atoms with Crippen molar-refractivity contribution in [1.29, 1.82) is 0 Å². The lowest BCUT2D eigenvalue weighted by Crippen LogP contribution is -2.40. The van der Waals surface area contributed by atoms with Crippen molar-refractivity contribution < 1.29 is 19.7 Å². The van der Waals surface area contributed by atoms with Crippen molar-refractivity contribution in [2.45, 2.75) is 20.0 Å². The number of rotatable bonds is 7. The van der Waals surface area contributed by atoms with Crippen LogP contribution in [0.2, 0.25) is 0 Å². The number of benzene rings is 1. The molecule has 0 aliphatic carbocycles. The van der Waals surface area contributed by atoms with Crippen molar-refractivity contribution in [3.8, 4) is 0 Å². The van der Waals surface area contributed by atoms with Crippen molar-refractivity contribution in [3.05, 3.63) is 35.1 Å². The van der Waals surface area contributed by atoms with Crippen LogP contribution in [0, 0.1) is 18.2 Å². The fourth-order valence-corrected chi connectivity index (χ4v) is 2.27. The van der Waals surface area contributed by atoms with E-state index in [2.05, 4.69) is 0 Å². The number of hydrogen-bond acceptors (Lipinski definition) is 4. The molecule has 0 fully saturated rings. The fourth-order valence-electron chi connectivity index (χ4n) is 2.27. The minimum Gasteiger partial charge on any atom is -0.396 e. The summed E-state index contributed by atoms with van der Waals surface area (Å²) >= 11 is 0. The second-order valence-electron chi connectivity index (χ2n) is 5.84. The molecule has 1 aromatic carbocycles. The monoisotopic (exact) mass is 285 g/mol. The molecule has 0 radical (unpaired) electrons. The third-order valence-electron chi connectivity index (χ3n) is 3.49. The zero-order valence-corrected chi connectivity index (χ0v) is 12.3. The Kier molecular flexibility index (Phi) is 6.07. The molecule has 0 heterocycles. The van der Waals surface area contributed by atoms with Crippen LogP contribution in [0.15, 0.2) is 18.2 Å². The molecule has 5 heteroatoms. The van der Waals surface area contributed by atoms with E-state index in [-0.39, 0.29) is 19.0 Å². The standard InChI is InChI=1S/C15H24FNO3/c1-11-6-12(16)4-5-13(11)14(20)7-17(3)8-15(2,9-18)10-19/h4-6,14,18-20H,7-10H2,1-3H3. The smallest absolute Gasteiger partial charge is 0.123 e. The van der Waals surface area contributed by atoms with Crippen LogP contribution in [0.1, 0.15) is 24.2 Å². The van der Waals surface area contributed by atoms with E-state index in [4.69, 9.17) is 0 Å². The van der Waals surface area contributed by atoms with Gasteiger partial charge in [0.2, 0.25) is 0 Å². The number of aryl methyl sites for hydroxylation is 1. The maximum atomic E-state index is 13.0. The number of hydrogen-bond donors (Lipinski definition) is 3. The second kappa shape index (κ2) is 7.13. The molecule has 1 unspecified atom stereocenters. The molecule has 4 nitrogen and oxygen atoms in total. The van der Waals surface area contributed by atoms with Gasteiger partial charge in [-0.25, -0.2) is 4.39 Å². The van der Waals surface area contributed by atoms with Gasteiger partial charge in [0.25, 0.3) is 0 Å². The number of aliphatic hydroxyl groups is 3. The number of aliphatic hydroxyl groups excluding tert-OH is 3. The Labute approximate surface area is 119 Å². The second-order valence-corrected chi connectivity index (χ2v) is 5.84. The van der Waals surface area contributed by atoms with Gasteiger partial charge in [0.1, 0.15) is 5.82 Å². The molecule has 1 aromatic rings. The zero-order chi connectivity index (χ0) is 15.3. The van der Waals surface area contributed by atoms with E-state index in [1.807, 2.05) is 11.9 Å². The van der Waals surface area contributed by atoms with Crippen LogP contribution in [0.3, 0.4) is 0 Å². The van der Waals surface area contributed by atoms with Gasteiger partial charge >= 0.3 is 0 Å². The maximum absolute atomic E-state index is 13.0. The van der Waals surface area contributed by atoms with Gasteiger partial charge in [0, 0.05) is 18.5 Å². The first-order valence-electron chi connectivity index (χ1n) is 6.65. The van der Waals surface area contributed by atoms with Crippen molar-refractivity contribution >= 4 is 0 Å². The summed E-state index contributed by atoms with van der Waals surface area (Å²) in [6.07, 6.45) is -0.734. The van der Waals surface area contributed by atoms with Gasteiger partial charge in [-0.2, -0.15) is 0 Å². The van der Waals surface area contributed by atoms with Gasteiger partial charge in [0.15, 0.2) is 0 Å². The molecule has 1 rings (SSSR count). The molecule has 114 valence electrons. The SMILES string of the molecule is Cc1cc(F)ccc1C(O)CN(C)CC(C)(CO)CO. The minimum absolute atomic E-state index is 0.125. The van der Waals surface area contributed by atoms with Gasteiger partial charge < -0.3 is 20.2 Å². The lowest BCUT2D eigenvalue weighted by molar-refractivity contribution is 0.0279. The molecule has 0 bridgehead atoms. The predicted octanol–water partition coefficient (Wildman–Crippen LogP) is 1.09. The Morgan fingerprint density at radius 1 is 1.30 bits per heavy atom. The highest BCUT2D eigenvalue weighted by molar-refractivity contribution is 5.28. The van der Waals surface area contributed by atoms with E-state index >= 15 is 0 Å². The maximum Gasteiger partial charge on any atom is 0.123 e. The number of nitrogens with zero attached hydrogens (tertiary/aromatic N) is 1. The van der Waals surface area contributed by atoms with Gasteiger partial charge in [-0.1, -0.05) is 13.0 Å². The van der Waals surface area contributed by atoms with Crippen LogP contribution in [-0.2, 0) is 0 Å². The van der Waals surface area contributed by atoms with E-state index in [0.29, 0.717) is 24.2 Å². The van der Waals surface area contributed by atoms with Crippen LogP contribution < -0.4 is 0 Å². The topological polar surface area (TPSA) is 63.9 Å². The van der Waals surface area contributed by atoms with E-state index in [1.54, 1.807) is 19.9 Å². The average Bonchev–Trinajstić information content (AvgIpc) is 2.38. The summed E-state index contributed by atoms with van der Waals surface area (Å²) in [5.74, 6) is -0.319. The first-order valence-corrected chi connectivity index (χ1v) is 6.65. The third-order valence-corrected chi connectivity index (χ3v) is 3.49. The first kappa shape index (κ1) is 17.0. The van der Waals surface area contributed by atoms with E-state index in [1.165, 1.54) is 12.1 Å². The summed E-state index contributed by atoms with van der Waals surface area (Å²) in [6, 6.07) is 4.31. The third kappa shape index (κ3) is 4.52. The summed E-state index contributed by atoms with van der Waals surface area (Å²) in [5, 5.41) is 28.8. The van der Waals surface area contributed by atoms with Crippen molar-refractivity contribution in [2.24, 2.45) is 5.41 Å². The fraction of sp³-hybridized carbons (Fsp3) is 0.600. The predicted molar refractivity (Wildman–Crippen MR) is 75.9 cm³/mol. The van der Waals surface area contributed by atoms with E-state index in [9.17, 15) is 19.7 Å². The molecular weight excluding hydrogens is 261 g/mol. The normalized spacial score (nSPS) is 13.8. The summed E-state index contributed by atoms with van der Waals surface area (Å²) in [4.78, 5) is 1.85. The summed E-state index contributed by atoms with van der Waals surface area (Å²) in [5.41, 5.74) is 0.790. The van der Waals surface area contributed by atoms with Crippen LogP contribution >= 0.6 is 0 Å². The van der Waals surface area contributed by atoms with Gasteiger partial charge in [-0.3, -0.25) is 0 Å². The van der Waals surface area contributed by atoms with Gasteiger partial charge in [0.05, 0.1) is 19.3 Å². The average molecular weight is 285 g/mol. The lowest BCUT2D eigenvalue weighted by atomic mass is 9.92. The van der Waals surface area contributed by atoms with Gasteiger partial charge in [-0.05, 0) is 37.2 Å². The first-order chi connectivity index (χ1) is 9.31. The van der Waals surface area contributed by atoms with E-state index < -0.39 is 11.5 Å². The molecule has 0 aliphatic heterocycles. The highest BCUT2D eigenvalue weighted by atomic mass is 19.1. The molecule has 0 amide bonds. The van der Waals surface area contributed by atoms with Gasteiger partial charge in [-0.15, -0.1) is 0 Å². The molecule has 0 aliphatic rings. The molecule has 1 atom stereocenters.